The van der Waals surface area contributed by atoms with Crippen LogP contribution in [-0.2, 0) is 22.6 Å². The number of piperidine rings is 1. The fourth-order valence-electron chi connectivity index (χ4n) is 6.00. The Bertz CT molecular complexity index is 1420. The number of likely N-dealkylation sites (tertiary alicyclic amines) is 1. The molecule has 0 unspecified atom stereocenters. The number of nitrogens with zero attached hydrogens (tertiary/aromatic N) is 4. The summed E-state index contributed by atoms with van der Waals surface area (Å²) in [6.45, 7) is 2.41. The van der Waals surface area contributed by atoms with Crippen LogP contribution in [0.3, 0.4) is 0 Å². The number of amides is 1. The number of ether oxygens (including phenoxy) is 1. The first-order valence-electron chi connectivity index (χ1n) is 13.0. The Morgan fingerprint density at radius 3 is 2.30 bits per heavy atom. The van der Waals surface area contributed by atoms with Gasteiger partial charge in [0.2, 0.25) is 0 Å². The number of aliphatic hydroxyl groups is 1. The van der Waals surface area contributed by atoms with Gasteiger partial charge in [0.05, 0.1) is 22.7 Å². The molecule has 0 bridgehead atoms. The van der Waals surface area contributed by atoms with Crippen LogP contribution in [0.4, 0.5) is 8.78 Å². The van der Waals surface area contributed by atoms with Crippen LogP contribution in [-0.4, -0.2) is 63.7 Å². The molecule has 1 fully saturated rings. The fourth-order valence-corrected chi connectivity index (χ4v) is 6.22. The average Bonchev–Trinajstić information content (AvgIpc) is 3.19. The van der Waals surface area contributed by atoms with E-state index in [2.05, 4.69) is 9.97 Å². The monoisotopic (exact) mass is 590 g/mol. The van der Waals surface area contributed by atoms with Crippen molar-refractivity contribution in [2.24, 2.45) is 0 Å². The maximum atomic E-state index is 16.4. The Labute approximate surface area is 241 Å². The standard InChI is InChI=1S/C29H30Cl2F2N4O3/c1-4-28(39,27(33)9-11-36(2)12-10-27)19-13-22-25(23(32)14-19)29(40-3,18-5-7-20(30)8-6-18)37(26(22)38)17-24-34-15-21(31)16-35-24/h5-8,13-16,39H,4,9-12,17H2,1-3H3/t28-,29+/m0/s1. The third-order valence-corrected chi connectivity index (χ3v) is 8.75. The smallest absolute Gasteiger partial charge is 0.257 e. The van der Waals surface area contributed by atoms with E-state index in [1.807, 2.05) is 11.9 Å². The van der Waals surface area contributed by atoms with Gasteiger partial charge in [-0.3, -0.25) is 9.69 Å². The molecule has 0 radical (unpaired) electrons. The molecule has 1 saturated heterocycles. The van der Waals surface area contributed by atoms with Gasteiger partial charge in [-0.2, -0.15) is 0 Å². The minimum Gasteiger partial charge on any atom is -0.382 e. The summed E-state index contributed by atoms with van der Waals surface area (Å²) in [5, 5.41) is 12.6. The molecule has 3 aromatic rings. The topological polar surface area (TPSA) is 78.8 Å². The largest absolute Gasteiger partial charge is 0.382 e. The second-order valence-electron chi connectivity index (χ2n) is 10.4. The van der Waals surface area contributed by atoms with E-state index in [-0.39, 0.29) is 48.3 Å². The van der Waals surface area contributed by atoms with Gasteiger partial charge in [0.15, 0.2) is 5.72 Å². The van der Waals surface area contributed by atoms with E-state index >= 15 is 8.78 Å². The Morgan fingerprint density at radius 2 is 1.73 bits per heavy atom. The molecule has 11 heteroatoms. The Hall–Kier alpha value is -2.69. The third kappa shape index (κ3) is 4.48. The molecule has 3 heterocycles. The van der Waals surface area contributed by atoms with Crippen LogP contribution in [0.2, 0.25) is 10.0 Å². The number of alkyl halides is 1. The van der Waals surface area contributed by atoms with Gasteiger partial charge >= 0.3 is 0 Å². The molecule has 2 aliphatic rings. The normalized spacial score (nSPS) is 22.3. The summed E-state index contributed by atoms with van der Waals surface area (Å²) < 4.78 is 38.8. The summed E-state index contributed by atoms with van der Waals surface area (Å²) in [4.78, 5) is 25.8. The molecular formula is C29H30Cl2F2N4O3. The van der Waals surface area contributed by atoms with Crippen LogP contribution in [0.1, 0.15) is 59.1 Å². The minimum atomic E-state index is -2.01. The van der Waals surface area contributed by atoms with Gasteiger partial charge in [-0.1, -0.05) is 42.3 Å². The maximum Gasteiger partial charge on any atom is 0.257 e. The first kappa shape index (κ1) is 28.8. The lowest BCUT2D eigenvalue weighted by atomic mass is 9.71. The molecule has 2 aromatic carbocycles. The van der Waals surface area contributed by atoms with Gasteiger partial charge in [-0.05, 0) is 56.1 Å². The third-order valence-electron chi connectivity index (χ3n) is 8.30. The molecule has 0 aliphatic carbocycles. The van der Waals surface area contributed by atoms with Crippen LogP contribution in [0.15, 0.2) is 48.8 Å². The predicted octanol–water partition coefficient (Wildman–Crippen LogP) is 5.46. The Morgan fingerprint density at radius 1 is 1.10 bits per heavy atom. The number of fused-ring (bicyclic) bond motifs is 1. The lowest BCUT2D eigenvalue weighted by Crippen LogP contribution is -2.54. The molecule has 0 spiro atoms. The second-order valence-corrected chi connectivity index (χ2v) is 11.3. The van der Waals surface area contributed by atoms with Crippen molar-refractivity contribution in [3.8, 4) is 0 Å². The fraction of sp³-hybridized carbons (Fsp3) is 0.414. The summed E-state index contributed by atoms with van der Waals surface area (Å²) in [6, 6.07) is 9.05. The number of carbonyl (C=O) groups excluding carboxylic acids is 1. The molecule has 212 valence electrons. The molecule has 1 aromatic heterocycles. The molecule has 7 nitrogen and oxygen atoms in total. The number of rotatable bonds is 7. The molecule has 1 N–H and O–H groups in total. The summed E-state index contributed by atoms with van der Waals surface area (Å²) >= 11 is 12.1. The zero-order valence-electron chi connectivity index (χ0n) is 22.4. The van der Waals surface area contributed by atoms with E-state index in [9.17, 15) is 9.90 Å². The molecule has 2 atom stereocenters. The van der Waals surface area contributed by atoms with Crippen LogP contribution in [0.25, 0.3) is 0 Å². The number of hydrogen-bond acceptors (Lipinski definition) is 6. The first-order valence-corrected chi connectivity index (χ1v) is 13.8. The van der Waals surface area contributed by atoms with E-state index in [0.29, 0.717) is 28.7 Å². The number of methoxy groups -OCH3 is 1. The lowest BCUT2D eigenvalue weighted by Gasteiger charge is -2.45. The second kappa shape index (κ2) is 10.6. The zero-order chi connectivity index (χ0) is 28.9. The number of halogens is 4. The quantitative estimate of drug-likeness (QED) is 0.394. The van der Waals surface area contributed by atoms with E-state index in [1.54, 1.807) is 31.2 Å². The molecule has 2 aliphatic heterocycles. The van der Waals surface area contributed by atoms with E-state index in [0.717, 1.165) is 6.07 Å². The molecular weight excluding hydrogens is 561 g/mol. The van der Waals surface area contributed by atoms with Gasteiger partial charge in [-0.15, -0.1) is 0 Å². The van der Waals surface area contributed by atoms with Crippen molar-refractivity contribution < 1.29 is 23.4 Å². The van der Waals surface area contributed by atoms with Gasteiger partial charge in [0.1, 0.15) is 22.9 Å². The van der Waals surface area contributed by atoms with Crippen LogP contribution < -0.4 is 0 Å². The van der Waals surface area contributed by atoms with Crippen molar-refractivity contribution in [3.63, 3.8) is 0 Å². The maximum absolute atomic E-state index is 16.4. The van der Waals surface area contributed by atoms with Crippen LogP contribution in [0, 0.1) is 5.82 Å². The van der Waals surface area contributed by atoms with Gasteiger partial charge in [0.25, 0.3) is 5.91 Å². The summed E-state index contributed by atoms with van der Waals surface area (Å²) in [5.74, 6) is -1.14. The zero-order valence-corrected chi connectivity index (χ0v) is 23.9. The molecule has 1 amide bonds. The highest BCUT2D eigenvalue weighted by Crippen LogP contribution is 2.51. The molecule has 40 heavy (non-hydrogen) atoms. The molecule has 0 saturated carbocycles. The number of hydrogen-bond donors (Lipinski definition) is 1. The Balaban J connectivity index is 1.69. The summed E-state index contributed by atoms with van der Waals surface area (Å²) in [6.07, 6.45) is 2.95. The lowest BCUT2D eigenvalue weighted by molar-refractivity contribution is -0.136. The molecule has 5 rings (SSSR count). The summed E-state index contributed by atoms with van der Waals surface area (Å²) in [5.41, 5.74) is -5.35. The number of carbonyl (C=O) groups is 1. The minimum absolute atomic E-state index is 0.00539. The van der Waals surface area contributed by atoms with Crippen molar-refractivity contribution in [1.82, 2.24) is 19.8 Å². The van der Waals surface area contributed by atoms with Crippen LogP contribution in [0.5, 0.6) is 0 Å². The first-order chi connectivity index (χ1) is 19.0. The van der Waals surface area contributed by atoms with Gasteiger partial charge < -0.3 is 14.7 Å². The average molecular weight is 591 g/mol. The van der Waals surface area contributed by atoms with E-state index in [4.69, 9.17) is 27.9 Å². The van der Waals surface area contributed by atoms with E-state index in [1.165, 1.54) is 30.5 Å². The highest BCUT2D eigenvalue weighted by molar-refractivity contribution is 6.30. The SMILES string of the molecule is CC[C@](O)(c1cc(F)c2c(c1)C(=O)N(Cc1ncc(Cl)cn1)[C@@]2(OC)c1ccc(Cl)cc1)C1(F)CCN(C)CC1. The van der Waals surface area contributed by atoms with Gasteiger partial charge in [-0.25, -0.2) is 18.7 Å². The Kier molecular flexibility index (Phi) is 7.65. The van der Waals surface area contributed by atoms with Crippen molar-refractivity contribution in [1.29, 1.82) is 0 Å². The van der Waals surface area contributed by atoms with Crippen molar-refractivity contribution >= 4 is 29.1 Å². The number of aromatic nitrogens is 2. The highest BCUT2D eigenvalue weighted by Gasteiger charge is 2.57. The van der Waals surface area contributed by atoms with Crippen molar-refractivity contribution in [2.45, 2.75) is 49.7 Å². The van der Waals surface area contributed by atoms with Gasteiger partial charge in [0, 0.05) is 43.2 Å². The highest BCUT2D eigenvalue weighted by atomic mass is 35.5. The number of benzene rings is 2. The predicted molar refractivity (Wildman–Crippen MR) is 147 cm³/mol. The van der Waals surface area contributed by atoms with Crippen molar-refractivity contribution in [2.75, 3.05) is 27.2 Å². The van der Waals surface area contributed by atoms with Crippen molar-refractivity contribution in [3.05, 3.63) is 92.7 Å². The van der Waals surface area contributed by atoms with E-state index < -0.39 is 28.7 Å². The summed E-state index contributed by atoms with van der Waals surface area (Å²) in [7, 11) is 3.26. The van der Waals surface area contributed by atoms with Crippen LogP contribution >= 0.6 is 23.2 Å².